The predicted octanol–water partition coefficient (Wildman–Crippen LogP) is 3.99. The number of H-pyrrole nitrogens is 1. The fourth-order valence-electron chi connectivity index (χ4n) is 3.55. The molecule has 9 heteroatoms. The second-order valence-electron chi connectivity index (χ2n) is 6.97. The summed E-state index contributed by atoms with van der Waals surface area (Å²) in [6, 6.07) is 15.7. The molecule has 0 amide bonds. The first-order valence-electron chi connectivity index (χ1n) is 9.67. The van der Waals surface area contributed by atoms with Gasteiger partial charge in [-0.2, -0.15) is 5.26 Å². The van der Waals surface area contributed by atoms with E-state index in [1.165, 1.54) is 12.1 Å². The number of nitro benzene ring substituents is 1. The van der Waals surface area contributed by atoms with Crippen molar-refractivity contribution in [3.63, 3.8) is 0 Å². The summed E-state index contributed by atoms with van der Waals surface area (Å²) in [5.74, 6) is 0.230. The second kappa shape index (κ2) is 8.20. The van der Waals surface area contributed by atoms with Crippen LogP contribution in [0.2, 0.25) is 0 Å². The van der Waals surface area contributed by atoms with Crippen LogP contribution in [0.15, 0.2) is 60.0 Å². The van der Waals surface area contributed by atoms with Crippen molar-refractivity contribution in [2.75, 3.05) is 6.61 Å². The van der Waals surface area contributed by atoms with E-state index in [0.717, 1.165) is 17.7 Å². The van der Waals surface area contributed by atoms with Crippen LogP contribution in [0.5, 0.6) is 11.6 Å². The van der Waals surface area contributed by atoms with Crippen LogP contribution < -0.4 is 15.2 Å². The SMILES string of the molecule is CCCOc1ccc(-c2[nH]nc3c2C(c2cccc([N+](=O)[O-])c2)C(C#N)=C(N)O3)cc1. The van der Waals surface area contributed by atoms with E-state index in [9.17, 15) is 15.4 Å². The van der Waals surface area contributed by atoms with Gasteiger partial charge in [-0.05, 0) is 36.2 Å². The zero-order valence-electron chi connectivity index (χ0n) is 16.7. The molecule has 4 rings (SSSR count). The summed E-state index contributed by atoms with van der Waals surface area (Å²) < 4.78 is 11.2. The smallest absolute Gasteiger partial charge is 0.269 e. The average molecular weight is 417 g/mol. The number of non-ortho nitro benzene ring substituents is 1. The van der Waals surface area contributed by atoms with Crippen LogP contribution in [-0.2, 0) is 0 Å². The number of nitriles is 1. The van der Waals surface area contributed by atoms with E-state index in [4.69, 9.17) is 15.2 Å². The van der Waals surface area contributed by atoms with Crippen LogP contribution in [0.4, 0.5) is 5.69 Å². The lowest BCUT2D eigenvalue weighted by Crippen LogP contribution is -2.21. The van der Waals surface area contributed by atoms with Crippen molar-refractivity contribution in [2.24, 2.45) is 5.73 Å². The van der Waals surface area contributed by atoms with E-state index in [-0.39, 0.29) is 23.0 Å². The van der Waals surface area contributed by atoms with Gasteiger partial charge in [0.25, 0.3) is 5.69 Å². The molecule has 1 atom stereocenters. The number of nitrogens with one attached hydrogen (secondary N) is 1. The normalized spacial score (nSPS) is 15.0. The second-order valence-corrected chi connectivity index (χ2v) is 6.97. The Hall–Kier alpha value is -4.32. The van der Waals surface area contributed by atoms with Crippen LogP contribution in [0.3, 0.4) is 0 Å². The number of benzene rings is 2. The topological polar surface area (TPSA) is 140 Å². The van der Waals surface area contributed by atoms with Gasteiger partial charge >= 0.3 is 0 Å². The van der Waals surface area contributed by atoms with E-state index < -0.39 is 10.8 Å². The number of ether oxygens (including phenoxy) is 2. The molecule has 1 unspecified atom stereocenters. The van der Waals surface area contributed by atoms with Crippen molar-refractivity contribution >= 4 is 5.69 Å². The third kappa shape index (κ3) is 3.67. The van der Waals surface area contributed by atoms with Gasteiger partial charge in [-0.1, -0.05) is 19.1 Å². The first-order valence-corrected chi connectivity index (χ1v) is 9.67. The molecule has 3 aromatic rings. The fourth-order valence-corrected chi connectivity index (χ4v) is 3.55. The lowest BCUT2D eigenvalue weighted by molar-refractivity contribution is -0.384. The first-order chi connectivity index (χ1) is 15.0. The van der Waals surface area contributed by atoms with Crippen molar-refractivity contribution in [3.8, 4) is 29.0 Å². The molecule has 0 aliphatic carbocycles. The third-order valence-corrected chi connectivity index (χ3v) is 4.97. The molecule has 0 fully saturated rings. The standard InChI is InChI=1S/C22H19N5O4/c1-2-10-30-16-8-6-13(7-9-16)20-19-18(14-4-3-5-15(11-14)27(28)29)17(12-23)21(24)31-22(19)26-25-20/h3-9,11,18H,2,10,24H2,1H3,(H,25,26). The molecule has 0 saturated heterocycles. The van der Waals surface area contributed by atoms with E-state index in [0.29, 0.717) is 23.4 Å². The number of hydrogen-bond acceptors (Lipinski definition) is 7. The minimum absolute atomic E-state index is 0.0760. The number of allylic oxidation sites excluding steroid dienone is 1. The quantitative estimate of drug-likeness (QED) is 0.456. The van der Waals surface area contributed by atoms with E-state index in [1.54, 1.807) is 12.1 Å². The number of aromatic nitrogens is 2. The minimum atomic E-state index is -0.668. The Morgan fingerprint density at radius 3 is 2.77 bits per heavy atom. The third-order valence-electron chi connectivity index (χ3n) is 4.97. The molecular weight excluding hydrogens is 398 g/mol. The molecule has 1 aliphatic heterocycles. The maximum absolute atomic E-state index is 11.3. The van der Waals surface area contributed by atoms with Gasteiger partial charge in [-0.15, -0.1) is 5.10 Å². The predicted molar refractivity (Wildman–Crippen MR) is 112 cm³/mol. The lowest BCUT2D eigenvalue weighted by Gasteiger charge is -2.24. The van der Waals surface area contributed by atoms with Gasteiger partial charge < -0.3 is 15.2 Å². The van der Waals surface area contributed by atoms with Gasteiger partial charge in [0.1, 0.15) is 17.4 Å². The number of hydrogen-bond donors (Lipinski definition) is 2. The Morgan fingerprint density at radius 2 is 2.10 bits per heavy atom. The van der Waals surface area contributed by atoms with Gasteiger partial charge in [0.2, 0.25) is 11.8 Å². The maximum Gasteiger partial charge on any atom is 0.269 e. The summed E-state index contributed by atoms with van der Waals surface area (Å²) in [5.41, 5.74) is 8.63. The number of nitrogens with zero attached hydrogens (tertiary/aromatic N) is 3. The molecule has 2 heterocycles. The molecule has 3 N–H and O–H groups in total. The highest BCUT2D eigenvalue weighted by Crippen LogP contribution is 2.46. The number of aromatic amines is 1. The molecular formula is C22H19N5O4. The van der Waals surface area contributed by atoms with E-state index in [2.05, 4.69) is 16.3 Å². The van der Waals surface area contributed by atoms with Crippen molar-refractivity contribution in [1.29, 1.82) is 5.26 Å². The summed E-state index contributed by atoms with van der Waals surface area (Å²) in [5, 5.41) is 28.2. The molecule has 31 heavy (non-hydrogen) atoms. The minimum Gasteiger partial charge on any atom is -0.494 e. The fraction of sp³-hybridized carbons (Fsp3) is 0.182. The zero-order valence-corrected chi connectivity index (χ0v) is 16.7. The Kier molecular flexibility index (Phi) is 5.28. The van der Waals surface area contributed by atoms with Gasteiger partial charge in [0.15, 0.2) is 0 Å². The molecule has 0 spiro atoms. The lowest BCUT2D eigenvalue weighted by atomic mass is 9.83. The number of nitro groups is 1. The van der Waals surface area contributed by atoms with Gasteiger partial charge in [0.05, 0.1) is 28.7 Å². The van der Waals surface area contributed by atoms with Gasteiger partial charge in [-0.3, -0.25) is 15.2 Å². The molecule has 0 saturated carbocycles. The molecule has 2 aromatic carbocycles. The average Bonchev–Trinajstić information content (AvgIpc) is 3.20. The zero-order chi connectivity index (χ0) is 22.0. The monoisotopic (exact) mass is 417 g/mol. The summed E-state index contributed by atoms with van der Waals surface area (Å²) in [4.78, 5) is 10.8. The molecule has 156 valence electrons. The number of rotatable bonds is 6. The van der Waals surface area contributed by atoms with Crippen molar-refractivity contribution in [1.82, 2.24) is 10.2 Å². The highest BCUT2D eigenvalue weighted by Gasteiger charge is 2.36. The van der Waals surface area contributed by atoms with Crippen LogP contribution >= 0.6 is 0 Å². The van der Waals surface area contributed by atoms with Gasteiger partial charge in [0, 0.05) is 17.7 Å². The first kappa shape index (κ1) is 20.0. The maximum atomic E-state index is 11.3. The summed E-state index contributed by atoms with van der Waals surface area (Å²) in [7, 11) is 0. The highest BCUT2D eigenvalue weighted by molar-refractivity contribution is 5.71. The number of fused-ring (bicyclic) bond motifs is 1. The van der Waals surface area contributed by atoms with Crippen molar-refractivity contribution < 1.29 is 14.4 Å². The molecule has 1 aromatic heterocycles. The van der Waals surface area contributed by atoms with Crippen LogP contribution in [-0.4, -0.2) is 21.7 Å². The molecule has 1 aliphatic rings. The Bertz CT molecular complexity index is 1210. The molecule has 0 radical (unpaired) electrons. The van der Waals surface area contributed by atoms with Crippen LogP contribution in [0.25, 0.3) is 11.3 Å². The summed E-state index contributed by atoms with van der Waals surface area (Å²) in [6.07, 6.45) is 0.905. The Morgan fingerprint density at radius 1 is 1.32 bits per heavy atom. The molecule has 0 bridgehead atoms. The Labute approximate surface area is 177 Å². The van der Waals surface area contributed by atoms with E-state index >= 15 is 0 Å². The molecule has 9 nitrogen and oxygen atoms in total. The van der Waals surface area contributed by atoms with Crippen LogP contribution in [0, 0.1) is 21.4 Å². The van der Waals surface area contributed by atoms with Crippen LogP contribution in [0.1, 0.15) is 30.4 Å². The van der Waals surface area contributed by atoms with E-state index in [1.807, 2.05) is 31.2 Å². The van der Waals surface area contributed by atoms with Crippen molar-refractivity contribution in [2.45, 2.75) is 19.3 Å². The number of nitrogens with two attached hydrogens (primary N) is 1. The van der Waals surface area contributed by atoms with Gasteiger partial charge in [-0.25, -0.2) is 0 Å². The summed E-state index contributed by atoms with van der Waals surface area (Å²) in [6.45, 7) is 2.66. The highest BCUT2D eigenvalue weighted by atomic mass is 16.6. The van der Waals surface area contributed by atoms with Crippen molar-refractivity contribution in [3.05, 3.63) is 81.2 Å². The Balaban J connectivity index is 1.83. The summed E-state index contributed by atoms with van der Waals surface area (Å²) >= 11 is 0. The largest absolute Gasteiger partial charge is 0.494 e.